The van der Waals surface area contributed by atoms with Gasteiger partial charge in [-0.05, 0) is 22.0 Å². The molecule has 3 nitrogen and oxygen atoms in total. The Morgan fingerprint density at radius 2 is 2.33 bits per heavy atom. The van der Waals surface area contributed by atoms with E-state index in [1.165, 1.54) is 6.20 Å². The maximum absolute atomic E-state index is 8.57. The number of pyridine rings is 1. The molecule has 12 heavy (non-hydrogen) atoms. The average molecular weight is 223 g/mol. The first-order chi connectivity index (χ1) is 5.79. The van der Waals surface area contributed by atoms with Gasteiger partial charge in [0.25, 0.3) is 0 Å². The van der Waals surface area contributed by atoms with Gasteiger partial charge in [0, 0.05) is 17.6 Å². The summed E-state index contributed by atoms with van der Waals surface area (Å²) in [6, 6.07) is 5.52. The minimum atomic E-state index is 0.538. The van der Waals surface area contributed by atoms with E-state index in [1.54, 1.807) is 12.1 Å². The molecule has 2 rings (SSSR count). The summed E-state index contributed by atoms with van der Waals surface area (Å²) in [7, 11) is 0. The van der Waals surface area contributed by atoms with Crippen molar-refractivity contribution in [3.05, 3.63) is 28.6 Å². The van der Waals surface area contributed by atoms with Gasteiger partial charge < -0.3 is 4.42 Å². The predicted octanol–water partition coefficient (Wildman–Crippen LogP) is 2.46. The van der Waals surface area contributed by atoms with Crippen molar-refractivity contribution in [2.24, 2.45) is 0 Å². The summed E-state index contributed by atoms with van der Waals surface area (Å²) in [5, 5.41) is 9.41. The zero-order valence-corrected chi connectivity index (χ0v) is 7.50. The maximum atomic E-state index is 8.57. The van der Waals surface area contributed by atoms with Gasteiger partial charge in [-0.25, -0.2) is 4.98 Å². The van der Waals surface area contributed by atoms with Crippen LogP contribution in [0.5, 0.6) is 0 Å². The zero-order chi connectivity index (χ0) is 8.55. The van der Waals surface area contributed by atoms with Crippen LogP contribution in [0.25, 0.3) is 11.1 Å². The molecule has 0 amide bonds. The Kier molecular flexibility index (Phi) is 1.59. The van der Waals surface area contributed by atoms with Crippen molar-refractivity contribution >= 4 is 27.0 Å². The van der Waals surface area contributed by atoms with Crippen molar-refractivity contribution in [2.45, 2.75) is 0 Å². The van der Waals surface area contributed by atoms with Crippen molar-refractivity contribution in [3.8, 4) is 6.07 Å². The number of nitrogens with zero attached hydrogens (tertiary/aromatic N) is 2. The van der Waals surface area contributed by atoms with Gasteiger partial charge in [-0.15, -0.1) is 0 Å². The van der Waals surface area contributed by atoms with E-state index in [0.29, 0.717) is 15.9 Å². The van der Waals surface area contributed by atoms with Gasteiger partial charge in [0.1, 0.15) is 6.07 Å². The van der Waals surface area contributed by atoms with Crippen LogP contribution in [0.4, 0.5) is 0 Å². The summed E-state index contributed by atoms with van der Waals surface area (Å²) < 4.78 is 5.79. The number of rotatable bonds is 0. The Bertz CT molecular complexity index is 469. The Hall–Kier alpha value is -1.34. The van der Waals surface area contributed by atoms with Gasteiger partial charge in [-0.3, -0.25) is 0 Å². The van der Waals surface area contributed by atoms with Gasteiger partial charge >= 0.3 is 0 Å². The molecule has 58 valence electrons. The lowest BCUT2D eigenvalue weighted by Crippen LogP contribution is -1.76. The molecule has 2 heterocycles. The lowest BCUT2D eigenvalue weighted by atomic mass is 10.2. The molecule has 0 saturated heterocycles. The van der Waals surface area contributed by atoms with Crippen LogP contribution in [0.3, 0.4) is 0 Å². The first-order valence-electron chi connectivity index (χ1n) is 3.25. The second kappa shape index (κ2) is 2.61. The van der Waals surface area contributed by atoms with Gasteiger partial charge in [0.2, 0.25) is 5.71 Å². The van der Waals surface area contributed by atoms with Crippen molar-refractivity contribution in [1.82, 2.24) is 4.98 Å². The minimum absolute atomic E-state index is 0.538. The quantitative estimate of drug-likeness (QED) is 0.689. The van der Waals surface area contributed by atoms with E-state index in [0.717, 1.165) is 5.39 Å². The van der Waals surface area contributed by atoms with Crippen molar-refractivity contribution < 1.29 is 4.42 Å². The molecule has 0 spiro atoms. The third-order valence-electron chi connectivity index (χ3n) is 1.47. The Balaban J connectivity index is 2.77. The molecule has 4 heteroatoms. The van der Waals surface area contributed by atoms with E-state index in [-0.39, 0.29) is 0 Å². The molecular weight excluding hydrogens is 220 g/mol. The van der Waals surface area contributed by atoms with Crippen molar-refractivity contribution in [2.75, 3.05) is 0 Å². The van der Waals surface area contributed by atoms with Crippen molar-refractivity contribution in [3.63, 3.8) is 0 Å². The summed E-state index contributed by atoms with van der Waals surface area (Å²) in [6.07, 6.45) is 1.48. The first kappa shape index (κ1) is 7.32. The fraction of sp³-hybridized carbons (Fsp3) is 0. The normalized spacial score (nSPS) is 10.0. The number of nitriles is 1. The summed E-state index contributed by atoms with van der Waals surface area (Å²) >= 11 is 3.18. The fourth-order valence-electron chi connectivity index (χ4n) is 0.963. The van der Waals surface area contributed by atoms with Crippen LogP contribution in [0, 0.1) is 11.3 Å². The summed E-state index contributed by atoms with van der Waals surface area (Å²) in [6.45, 7) is 0. The molecule has 0 aromatic carbocycles. The maximum Gasteiger partial charge on any atom is 0.227 e. The number of halogens is 1. The number of hydrogen-bond donors (Lipinski definition) is 0. The number of aromatic nitrogens is 1. The van der Waals surface area contributed by atoms with Gasteiger partial charge in [-0.1, -0.05) is 0 Å². The van der Waals surface area contributed by atoms with E-state index in [1.807, 2.05) is 6.07 Å². The van der Waals surface area contributed by atoms with Crippen LogP contribution < -0.4 is 0 Å². The third-order valence-corrected chi connectivity index (χ3v) is 1.86. The molecule has 0 bridgehead atoms. The van der Waals surface area contributed by atoms with E-state index < -0.39 is 0 Å². The zero-order valence-electron chi connectivity index (χ0n) is 5.91. The highest BCUT2D eigenvalue weighted by atomic mass is 79.9. The third kappa shape index (κ3) is 1.08. The van der Waals surface area contributed by atoms with Gasteiger partial charge in [-0.2, -0.15) is 5.26 Å². The van der Waals surface area contributed by atoms with Gasteiger partial charge in [0.05, 0.1) is 5.56 Å². The Labute approximate surface area is 76.8 Å². The van der Waals surface area contributed by atoms with Crippen LogP contribution >= 0.6 is 15.9 Å². The van der Waals surface area contributed by atoms with E-state index in [4.69, 9.17) is 9.68 Å². The molecule has 0 aliphatic rings. The summed E-state index contributed by atoms with van der Waals surface area (Å²) in [4.78, 5) is 3.95. The highest BCUT2D eigenvalue weighted by Gasteiger charge is 2.02. The second-order valence-corrected chi connectivity index (χ2v) is 3.06. The highest BCUT2D eigenvalue weighted by Crippen LogP contribution is 2.21. The molecular formula is C8H3BrN2O. The molecule has 0 saturated carbocycles. The molecule has 0 aliphatic heterocycles. The Morgan fingerprint density at radius 1 is 1.50 bits per heavy atom. The minimum Gasteiger partial charge on any atom is -0.431 e. The standard InChI is InChI=1S/C8H3BrN2O/c9-7-2-6-1-5(3-10)4-11-8(6)12-7/h1-2,4H. The average Bonchev–Trinajstić information content (AvgIpc) is 2.43. The van der Waals surface area contributed by atoms with Crippen molar-refractivity contribution in [1.29, 1.82) is 5.26 Å². The predicted molar refractivity (Wildman–Crippen MR) is 46.4 cm³/mol. The van der Waals surface area contributed by atoms with Gasteiger partial charge in [0.15, 0.2) is 4.67 Å². The van der Waals surface area contributed by atoms with Crippen LogP contribution in [-0.4, -0.2) is 4.98 Å². The smallest absolute Gasteiger partial charge is 0.227 e. The fourth-order valence-corrected chi connectivity index (χ4v) is 1.36. The SMILES string of the molecule is N#Cc1cnc2oc(Br)cc2c1. The van der Waals surface area contributed by atoms with E-state index in [9.17, 15) is 0 Å². The lowest BCUT2D eigenvalue weighted by molar-refractivity contribution is 0.576. The highest BCUT2D eigenvalue weighted by molar-refractivity contribution is 9.10. The largest absolute Gasteiger partial charge is 0.431 e. The number of furan rings is 1. The first-order valence-corrected chi connectivity index (χ1v) is 4.04. The van der Waals surface area contributed by atoms with E-state index >= 15 is 0 Å². The number of fused-ring (bicyclic) bond motifs is 1. The Morgan fingerprint density at radius 3 is 3.08 bits per heavy atom. The molecule has 0 radical (unpaired) electrons. The molecule has 0 atom stereocenters. The van der Waals surface area contributed by atoms with Crippen LogP contribution in [0.1, 0.15) is 5.56 Å². The monoisotopic (exact) mass is 222 g/mol. The van der Waals surface area contributed by atoms with Crippen LogP contribution in [-0.2, 0) is 0 Å². The molecule has 0 aliphatic carbocycles. The molecule has 2 aromatic heterocycles. The molecule has 0 fully saturated rings. The molecule has 0 N–H and O–H groups in total. The van der Waals surface area contributed by atoms with Crippen LogP contribution in [0.2, 0.25) is 0 Å². The second-order valence-electron chi connectivity index (χ2n) is 2.28. The summed E-state index contributed by atoms with van der Waals surface area (Å²) in [5.74, 6) is 0. The van der Waals surface area contributed by atoms with Crippen LogP contribution in [0.15, 0.2) is 27.4 Å². The molecule has 0 unspecified atom stereocenters. The topological polar surface area (TPSA) is 49.8 Å². The molecule has 2 aromatic rings. The number of hydrogen-bond acceptors (Lipinski definition) is 3. The summed E-state index contributed by atoms with van der Waals surface area (Å²) in [5.41, 5.74) is 1.08. The lowest BCUT2D eigenvalue weighted by Gasteiger charge is -1.86. The van der Waals surface area contributed by atoms with E-state index in [2.05, 4.69) is 20.9 Å².